The van der Waals surface area contributed by atoms with Crippen molar-refractivity contribution >= 4 is 11.8 Å². The molecule has 0 aliphatic carbocycles. The summed E-state index contributed by atoms with van der Waals surface area (Å²) in [7, 11) is 0. The number of carbonyl (C=O) groups is 1. The standard InChI is InChI=1S/C15H20F2N2O2/c1-15(2,3)21-14(20)19-8-6-18(7-9-19)13-10-11(16)4-5-12(13)17/h4-5,10H,6-9H2,1-3H3. The minimum absolute atomic E-state index is 0.235. The van der Waals surface area contributed by atoms with Gasteiger partial charge in [0.15, 0.2) is 0 Å². The maximum absolute atomic E-state index is 13.7. The monoisotopic (exact) mass is 298 g/mol. The van der Waals surface area contributed by atoms with Crippen LogP contribution in [0.3, 0.4) is 0 Å². The van der Waals surface area contributed by atoms with Crippen LogP contribution >= 0.6 is 0 Å². The Hall–Kier alpha value is -1.85. The van der Waals surface area contributed by atoms with E-state index in [1.165, 1.54) is 6.07 Å². The first-order valence-electron chi connectivity index (χ1n) is 6.94. The summed E-state index contributed by atoms with van der Waals surface area (Å²) in [5.74, 6) is -0.928. The fourth-order valence-corrected chi connectivity index (χ4v) is 2.18. The zero-order chi connectivity index (χ0) is 15.6. The van der Waals surface area contributed by atoms with Gasteiger partial charge in [0.1, 0.15) is 17.2 Å². The van der Waals surface area contributed by atoms with E-state index < -0.39 is 17.2 Å². The number of piperazine rings is 1. The minimum Gasteiger partial charge on any atom is -0.444 e. The summed E-state index contributed by atoms with van der Waals surface area (Å²) in [6.45, 7) is 7.16. The summed E-state index contributed by atoms with van der Waals surface area (Å²) in [6, 6.07) is 3.39. The Bertz CT molecular complexity index is 521. The van der Waals surface area contributed by atoms with Crippen LogP contribution < -0.4 is 4.90 Å². The Morgan fingerprint density at radius 3 is 2.33 bits per heavy atom. The van der Waals surface area contributed by atoms with Crippen LogP contribution in [-0.4, -0.2) is 42.8 Å². The Morgan fingerprint density at radius 1 is 1.14 bits per heavy atom. The van der Waals surface area contributed by atoms with Crippen molar-refractivity contribution in [3.8, 4) is 0 Å². The zero-order valence-corrected chi connectivity index (χ0v) is 12.5. The number of ether oxygens (including phenoxy) is 1. The number of nitrogens with zero attached hydrogens (tertiary/aromatic N) is 2. The van der Waals surface area contributed by atoms with Crippen molar-refractivity contribution in [3.63, 3.8) is 0 Å². The molecule has 1 amide bonds. The summed E-state index contributed by atoms with van der Waals surface area (Å²) in [5, 5.41) is 0. The number of amides is 1. The van der Waals surface area contributed by atoms with Crippen molar-refractivity contribution in [2.75, 3.05) is 31.1 Å². The van der Waals surface area contributed by atoms with Gasteiger partial charge in [-0.3, -0.25) is 0 Å². The Labute approximate surface area is 123 Å². The molecule has 1 fully saturated rings. The number of anilines is 1. The topological polar surface area (TPSA) is 32.8 Å². The van der Waals surface area contributed by atoms with Crippen LogP contribution in [0.4, 0.5) is 19.3 Å². The number of rotatable bonds is 1. The van der Waals surface area contributed by atoms with Crippen LogP contribution in [0.15, 0.2) is 18.2 Å². The lowest BCUT2D eigenvalue weighted by Crippen LogP contribution is -2.50. The van der Waals surface area contributed by atoms with Crippen LogP contribution in [0, 0.1) is 11.6 Å². The maximum atomic E-state index is 13.7. The van der Waals surface area contributed by atoms with E-state index in [0.717, 1.165) is 12.1 Å². The summed E-state index contributed by atoms with van der Waals surface area (Å²) in [6.07, 6.45) is -0.373. The van der Waals surface area contributed by atoms with Crippen LogP contribution in [0.2, 0.25) is 0 Å². The van der Waals surface area contributed by atoms with Gasteiger partial charge >= 0.3 is 6.09 Å². The highest BCUT2D eigenvalue weighted by Gasteiger charge is 2.26. The summed E-state index contributed by atoms with van der Waals surface area (Å²) < 4.78 is 32.2. The van der Waals surface area contributed by atoms with Crippen molar-refractivity contribution < 1.29 is 18.3 Å². The van der Waals surface area contributed by atoms with Gasteiger partial charge in [0.05, 0.1) is 5.69 Å². The van der Waals surface area contributed by atoms with E-state index in [1.54, 1.807) is 9.80 Å². The molecular formula is C15H20F2N2O2. The molecule has 0 unspecified atom stereocenters. The molecule has 0 atom stereocenters. The molecule has 6 heteroatoms. The Kier molecular flexibility index (Phi) is 4.34. The highest BCUT2D eigenvalue weighted by Crippen LogP contribution is 2.22. The van der Waals surface area contributed by atoms with Crippen LogP contribution in [0.1, 0.15) is 20.8 Å². The van der Waals surface area contributed by atoms with Gasteiger partial charge < -0.3 is 14.5 Å². The second-order valence-corrected chi connectivity index (χ2v) is 6.05. The van der Waals surface area contributed by atoms with Gasteiger partial charge in [0.25, 0.3) is 0 Å². The van der Waals surface area contributed by atoms with Gasteiger partial charge in [0.2, 0.25) is 0 Å². The third kappa shape index (κ3) is 4.06. The predicted molar refractivity (Wildman–Crippen MR) is 76.4 cm³/mol. The summed E-state index contributed by atoms with van der Waals surface area (Å²) in [4.78, 5) is 15.2. The van der Waals surface area contributed by atoms with E-state index in [0.29, 0.717) is 26.2 Å². The lowest BCUT2D eigenvalue weighted by atomic mass is 10.2. The molecule has 0 saturated carbocycles. The first-order valence-corrected chi connectivity index (χ1v) is 6.94. The van der Waals surface area contributed by atoms with Crippen molar-refractivity contribution in [1.82, 2.24) is 4.90 Å². The van der Waals surface area contributed by atoms with Gasteiger partial charge in [-0.2, -0.15) is 0 Å². The molecule has 116 valence electrons. The van der Waals surface area contributed by atoms with E-state index in [-0.39, 0.29) is 11.8 Å². The first kappa shape index (κ1) is 15.5. The molecule has 0 radical (unpaired) electrons. The minimum atomic E-state index is -0.539. The average Bonchev–Trinajstić information content (AvgIpc) is 2.40. The average molecular weight is 298 g/mol. The molecule has 1 aliphatic heterocycles. The van der Waals surface area contributed by atoms with Crippen LogP contribution in [-0.2, 0) is 4.74 Å². The number of benzene rings is 1. The highest BCUT2D eigenvalue weighted by atomic mass is 19.1. The number of hydrogen-bond donors (Lipinski definition) is 0. The van der Waals surface area contributed by atoms with E-state index in [4.69, 9.17) is 4.74 Å². The quantitative estimate of drug-likeness (QED) is 0.799. The second kappa shape index (κ2) is 5.87. The van der Waals surface area contributed by atoms with Crippen molar-refractivity contribution in [1.29, 1.82) is 0 Å². The molecule has 0 N–H and O–H groups in total. The SMILES string of the molecule is CC(C)(C)OC(=O)N1CCN(c2cc(F)ccc2F)CC1. The molecule has 1 aromatic rings. The lowest BCUT2D eigenvalue weighted by Gasteiger charge is -2.36. The third-order valence-corrected chi connectivity index (χ3v) is 3.18. The molecule has 0 bridgehead atoms. The first-order chi connectivity index (χ1) is 9.76. The molecule has 1 heterocycles. The van der Waals surface area contributed by atoms with E-state index >= 15 is 0 Å². The molecule has 1 aliphatic rings. The molecule has 1 saturated heterocycles. The summed E-state index contributed by atoms with van der Waals surface area (Å²) >= 11 is 0. The third-order valence-electron chi connectivity index (χ3n) is 3.18. The molecule has 0 aromatic heterocycles. The number of carbonyl (C=O) groups excluding carboxylic acids is 1. The molecule has 1 aromatic carbocycles. The second-order valence-electron chi connectivity index (χ2n) is 6.05. The fraction of sp³-hybridized carbons (Fsp3) is 0.533. The smallest absolute Gasteiger partial charge is 0.410 e. The number of halogens is 2. The largest absolute Gasteiger partial charge is 0.444 e. The van der Waals surface area contributed by atoms with E-state index in [9.17, 15) is 13.6 Å². The lowest BCUT2D eigenvalue weighted by molar-refractivity contribution is 0.0240. The van der Waals surface area contributed by atoms with E-state index in [1.807, 2.05) is 20.8 Å². The van der Waals surface area contributed by atoms with Crippen molar-refractivity contribution in [3.05, 3.63) is 29.8 Å². The molecule has 2 rings (SSSR count). The van der Waals surface area contributed by atoms with Crippen molar-refractivity contribution in [2.45, 2.75) is 26.4 Å². The van der Waals surface area contributed by atoms with Crippen LogP contribution in [0.5, 0.6) is 0 Å². The van der Waals surface area contributed by atoms with Crippen molar-refractivity contribution in [2.24, 2.45) is 0 Å². The normalized spacial score (nSPS) is 16.0. The van der Waals surface area contributed by atoms with Gasteiger partial charge in [-0.25, -0.2) is 13.6 Å². The maximum Gasteiger partial charge on any atom is 0.410 e. The van der Waals surface area contributed by atoms with Gasteiger partial charge in [-0.05, 0) is 32.9 Å². The molecular weight excluding hydrogens is 278 g/mol. The van der Waals surface area contributed by atoms with Gasteiger partial charge in [-0.15, -0.1) is 0 Å². The van der Waals surface area contributed by atoms with Crippen LogP contribution in [0.25, 0.3) is 0 Å². The predicted octanol–water partition coefficient (Wildman–Crippen LogP) is 3.02. The molecule has 21 heavy (non-hydrogen) atoms. The zero-order valence-electron chi connectivity index (χ0n) is 12.5. The van der Waals surface area contributed by atoms with E-state index in [2.05, 4.69) is 0 Å². The van der Waals surface area contributed by atoms with Gasteiger partial charge in [-0.1, -0.05) is 0 Å². The van der Waals surface area contributed by atoms with Gasteiger partial charge in [0, 0.05) is 32.2 Å². The summed E-state index contributed by atoms with van der Waals surface area (Å²) in [5.41, 5.74) is -0.304. The molecule has 0 spiro atoms. The number of hydrogen-bond acceptors (Lipinski definition) is 3. The Balaban J connectivity index is 1.97. The molecule has 4 nitrogen and oxygen atoms in total. The highest BCUT2D eigenvalue weighted by molar-refractivity contribution is 5.68. The Morgan fingerprint density at radius 2 is 1.76 bits per heavy atom. The fourth-order valence-electron chi connectivity index (χ4n) is 2.18.